The summed E-state index contributed by atoms with van der Waals surface area (Å²) in [5.41, 5.74) is 2.85. The Balaban J connectivity index is 1.69. The molecule has 9 heteroatoms. The molecule has 0 spiro atoms. The Morgan fingerprint density at radius 2 is 1.84 bits per heavy atom. The molecule has 1 aromatic heterocycles. The molecule has 0 bridgehead atoms. The first-order valence-electron chi connectivity index (χ1n) is 10.1. The van der Waals surface area contributed by atoms with Crippen LogP contribution in [0.2, 0.25) is 0 Å². The Labute approximate surface area is 185 Å². The van der Waals surface area contributed by atoms with Crippen LogP contribution in [-0.4, -0.2) is 42.9 Å². The Kier molecular flexibility index (Phi) is 7.93. The van der Waals surface area contributed by atoms with Crippen molar-refractivity contribution in [2.45, 2.75) is 13.8 Å². The number of benzene rings is 2. The van der Waals surface area contributed by atoms with Crippen LogP contribution in [0.3, 0.4) is 0 Å². The average Bonchev–Trinajstić information content (AvgIpc) is 2.75. The predicted octanol–water partition coefficient (Wildman–Crippen LogP) is 4.63. The minimum atomic E-state index is -0.496. The van der Waals surface area contributed by atoms with Crippen molar-refractivity contribution in [3.63, 3.8) is 0 Å². The highest BCUT2D eigenvalue weighted by Crippen LogP contribution is 2.29. The number of anilines is 3. The van der Waals surface area contributed by atoms with Gasteiger partial charge in [-0.15, -0.1) is 0 Å². The first kappa shape index (κ1) is 23.0. The van der Waals surface area contributed by atoms with E-state index in [0.717, 1.165) is 5.57 Å². The second kappa shape index (κ2) is 11.1. The van der Waals surface area contributed by atoms with Crippen molar-refractivity contribution >= 4 is 34.1 Å². The van der Waals surface area contributed by atoms with Gasteiger partial charge >= 0.3 is 6.03 Å². The Hall–Kier alpha value is -3.72. The van der Waals surface area contributed by atoms with Crippen LogP contribution in [0.4, 0.5) is 26.4 Å². The van der Waals surface area contributed by atoms with Crippen molar-refractivity contribution in [1.82, 2.24) is 15.3 Å². The largest absolute Gasteiger partial charge is 0.491 e. The normalized spacial score (nSPS) is 10.5. The zero-order chi connectivity index (χ0) is 22.9. The maximum atomic E-state index is 14.8. The van der Waals surface area contributed by atoms with Crippen LogP contribution in [0.1, 0.15) is 13.8 Å². The van der Waals surface area contributed by atoms with Gasteiger partial charge in [0, 0.05) is 37.2 Å². The number of hydrogen-bond acceptors (Lipinski definition) is 6. The lowest BCUT2D eigenvalue weighted by Gasteiger charge is -2.12. The third-order valence-corrected chi connectivity index (χ3v) is 4.40. The zero-order valence-electron chi connectivity index (χ0n) is 18.2. The molecule has 2 aromatic carbocycles. The van der Waals surface area contributed by atoms with Gasteiger partial charge in [-0.1, -0.05) is 11.6 Å². The van der Waals surface area contributed by atoms with Gasteiger partial charge in [0.25, 0.3) is 0 Å². The fraction of sp³-hybridized carbons (Fsp3) is 0.261. The summed E-state index contributed by atoms with van der Waals surface area (Å²) in [7, 11) is 1.57. The molecule has 168 valence electrons. The minimum absolute atomic E-state index is 0.257. The summed E-state index contributed by atoms with van der Waals surface area (Å²) in [5, 5.41) is 8.86. The molecule has 3 aromatic rings. The molecule has 1 heterocycles. The van der Waals surface area contributed by atoms with E-state index < -0.39 is 5.82 Å². The molecule has 0 aliphatic rings. The van der Waals surface area contributed by atoms with Gasteiger partial charge < -0.3 is 25.4 Å². The molecule has 0 saturated carbocycles. The number of urea groups is 1. The van der Waals surface area contributed by atoms with Crippen LogP contribution in [0.25, 0.3) is 10.9 Å². The van der Waals surface area contributed by atoms with E-state index in [1.807, 2.05) is 19.9 Å². The number of nitrogens with one attached hydrogen (secondary N) is 3. The molecular weight excluding hydrogens is 413 g/mol. The molecule has 32 heavy (non-hydrogen) atoms. The molecule has 0 fully saturated rings. The summed E-state index contributed by atoms with van der Waals surface area (Å²) in [4.78, 5) is 20.3. The Morgan fingerprint density at radius 3 is 2.56 bits per heavy atom. The van der Waals surface area contributed by atoms with Gasteiger partial charge in [0.1, 0.15) is 30.3 Å². The summed E-state index contributed by atoms with van der Waals surface area (Å²) in [6.45, 7) is 5.10. The molecule has 0 unspecified atom stereocenters. The molecule has 0 atom stereocenters. The van der Waals surface area contributed by atoms with Gasteiger partial charge in [-0.3, -0.25) is 0 Å². The molecule has 3 rings (SSSR count). The van der Waals surface area contributed by atoms with E-state index in [-0.39, 0.29) is 11.4 Å². The number of ether oxygens (including phenoxy) is 2. The first-order chi connectivity index (χ1) is 15.5. The maximum Gasteiger partial charge on any atom is 0.319 e. The van der Waals surface area contributed by atoms with Crippen LogP contribution in [0, 0.1) is 5.82 Å². The van der Waals surface area contributed by atoms with Gasteiger partial charge in [0.05, 0.1) is 17.5 Å². The summed E-state index contributed by atoms with van der Waals surface area (Å²) < 4.78 is 25.2. The molecule has 0 aliphatic heterocycles. The van der Waals surface area contributed by atoms with Crippen LogP contribution < -0.4 is 20.7 Å². The van der Waals surface area contributed by atoms with Crippen molar-refractivity contribution < 1.29 is 18.7 Å². The van der Waals surface area contributed by atoms with Crippen LogP contribution in [0.15, 0.2) is 54.4 Å². The third-order valence-electron chi connectivity index (χ3n) is 4.40. The van der Waals surface area contributed by atoms with E-state index in [2.05, 4.69) is 25.9 Å². The van der Waals surface area contributed by atoms with E-state index in [4.69, 9.17) is 9.47 Å². The summed E-state index contributed by atoms with van der Waals surface area (Å²) in [5.74, 6) is 0.204. The highest BCUT2D eigenvalue weighted by Gasteiger charge is 2.12. The van der Waals surface area contributed by atoms with Crippen molar-refractivity contribution in [1.29, 1.82) is 0 Å². The zero-order valence-corrected chi connectivity index (χ0v) is 18.2. The number of halogens is 1. The molecule has 2 amide bonds. The van der Waals surface area contributed by atoms with Gasteiger partial charge in [-0.05, 0) is 38.1 Å². The summed E-state index contributed by atoms with van der Waals surface area (Å²) >= 11 is 0. The highest BCUT2D eigenvalue weighted by molar-refractivity contribution is 5.92. The number of aromatic nitrogens is 2. The fourth-order valence-electron chi connectivity index (χ4n) is 2.84. The van der Waals surface area contributed by atoms with Gasteiger partial charge in [0.2, 0.25) is 0 Å². The lowest BCUT2D eigenvalue weighted by molar-refractivity contribution is 0.146. The predicted molar refractivity (Wildman–Crippen MR) is 123 cm³/mol. The average molecular weight is 439 g/mol. The number of rotatable bonds is 9. The second-order valence-corrected chi connectivity index (χ2v) is 7.18. The van der Waals surface area contributed by atoms with Gasteiger partial charge in [0.15, 0.2) is 0 Å². The molecule has 0 radical (unpaired) electrons. The maximum absolute atomic E-state index is 14.8. The summed E-state index contributed by atoms with van der Waals surface area (Å²) in [6, 6.07) is 9.67. The van der Waals surface area contributed by atoms with E-state index in [1.54, 1.807) is 37.4 Å². The number of fused-ring (bicyclic) bond motifs is 1. The standard InChI is InChI=1S/C23H26FN5O3/c1-15(2)8-9-25-23(30)29-17-6-4-16(5-7-17)28-22-21-19(24)12-18(32-11-10-31-3)13-20(21)26-14-27-22/h4-8,12-14H,9-11H2,1-3H3,(H2,25,29,30)(H,26,27,28). The number of methoxy groups -OCH3 is 1. The second-order valence-electron chi connectivity index (χ2n) is 7.18. The number of amides is 2. The van der Waals surface area contributed by atoms with Crippen LogP contribution >= 0.6 is 0 Å². The van der Waals surface area contributed by atoms with E-state index in [1.165, 1.54) is 12.4 Å². The van der Waals surface area contributed by atoms with E-state index in [0.29, 0.717) is 48.2 Å². The number of carbonyl (C=O) groups is 1. The topological polar surface area (TPSA) is 97.4 Å². The number of allylic oxidation sites excluding steroid dienone is 1. The smallest absolute Gasteiger partial charge is 0.319 e. The van der Waals surface area contributed by atoms with Crippen molar-refractivity contribution in [3.8, 4) is 5.75 Å². The van der Waals surface area contributed by atoms with Crippen molar-refractivity contribution in [2.75, 3.05) is 37.5 Å². The SMILES string of the molecule is COCCOc1cc(F)c2c(Nc3ccc(NC(=O)NCC=C(C)C)cc3)ncnc2c1. The van der Waals surface area contributed by atoms with Gasteiger partial charge in [-0.25, -0.2) is 19.2 Å². The lowest BCUT2D eigenvalue weighted by atomic mass is 10.2. The van der Waals surface area contributed by atoms with Crippen molar-refractivity contribution in [2.24, 2.45) is 0 Å². The molecular formula is C23H26FN5O3. The number of nitrogens with zero attached hydrogens (tertiary/aromatic N) is 2. The monoisotopic (exact) mass is 439 g/mol. The minimum Gasteiger partial charge on any atom is -0.491 e. The summed E-state index contributed by atoms with van der Waals surface area (Å²) in [6.07, 6.45) is 3.28. The van der Waals surface area contributed by atoms with E-state index in [9.17, 15) is 9.18 Å². The van der Waals surface area contributed by atoms with Crippen molar-refractivity contribution in [3.05, 3.63) is 60.2 Å². The fourth-order valence-corrected chi connectivity index (χ4v) is 2.84. The third kappa shape index (κ3) is 6.39. The van der Waals surface area contributed by atoms with Gasteiger partial charge in [-0.2, -0.15) is 0 Å². The lowest BCUT2D eigenvalue weighted by Crippen LogP contribution is -2.28. The van der Waals surface area contributed by atoms with E-state index >= 15 is 0 Å². The molecule has 3 N–H and O–H groups in total. The first-order valence-corrected chi connectivity index (χ1v) is 10.1. The highest BCUT2D eigenvalue weighted by atomic mass is 19.1. The number of hydrogen-bond donors (Lipinski definition) is 3. The Morgan fingerprint density at radius 1 is 1.09 bits per heavy atom. The van der Waals surface area contributed by atoms with Crippen LogP contribution in [0.5, 0.6) is 5.75 Å². The quantitative estimate of drug-likeness (QED) is 0.332. The van der Waals surface area contributed by atoms with Crippen LogP contribution in [-0.2, 0) is 4.74 Å². The molecule has 0 saturated heterocycles. The molecule has 0 aliphatic carbocycles. The number of carbonyl (C=O) groups excluding carboxylic acids is 1. The Bertz CT molecular complexity index is 1100. The molecule has 8 nitrogen and oxygen atoms in total.